The molecule has 3 heteroatoms. The van der Waals surface area contributed by atoms with Crippen LogP contribution in [0.4, 0.5) is 0 Å². The highest BCUT2D eigenvalue weighted by Crippen LogP contribution is 2.08. The van der Waals surface area contributed by atoms with Crippen molar-refractivity contribution in [2.24, 2.45) is 0 Å². The molecule has 0 unspecified atom stereocenters. The molecule has 0 amide bonds. The summed E-state index contributed by atoms with van der Waals surface area (Å²) in [6.45, 7) is 4.74. The fraction of sp³-hybridized carbons (Fsp3) is 0.444. The number of hydrogen-bond donors (Lipinski definition) is 1. The van der Waals surface area contributed by atoms with Gasteiger partial charge in [-0.2, -0.15) is 0 Å². The molecular formula is C9H15N2O+. The van der Waals surface area contributed by atoms with E-state index in [2.05, 4.69) is 10.7 Å². The maximum Gasteiger partial charge on any atom is 0.213 e. The van der Waals surface area contributed by atoms with Gasteiger partial charge < -0.3 is 10.5 Å². The molecule has 0 aliphatic heterocycles. The van der Waals surface area contributed by atoms with E-state index < -0.39 is 0 Å². The number of hydrogen-bond acceptors (Lipinski definition) is 2. The van der Waals surface area contributed by atoms with Gasteiger partial charge in [0.1, 0.15) is 6.54 Å². The molecule has 0 saturated carbocycles. The summed E-state index contributed by atoms with van der Waals surface area (Å²) in [6, 6.07) is 3.86. The Balaban J connectivity index is 2.65. The van der Waals surface area contributed by atoms with Gasteiger partial charge in [0.25, 0.3) is 0 Å². The minimum Gasteiger partial charge on any atom is -0.475 e. The van der Waals surface area contributed by atoms with E-state index in [0.29, 0.717) is 5.88 Å². The minimum absolute atomic E-state index is 0.183. The Morgan fingerprint density at radius 2 is 2.25 bits per heavy atom. The van der Waals surface area contributed by atoms with Gasteiger partial charge in [0, 0.05) is 17.8 Å². The normalized spacial score (nSPS) is 10.3. The molecule has 1 rings (SSSR count). The summed E-state index contributed by atoms with van der Waals surface area (Å²) in [5, 5.41) is 0. The highest BCUT2D eigenvalue weighted by Gasteiger charge is 1.98. The van der Waals surface area contributed by atoms with Gasteiger partial charge in [-0.15, -0.1) is 0 Å². The molecule has 1 heterocycles. The third-order valence-electron chi connectivity index (χ3n) is 1.44. The van der Waals surface area contributed by atoms with Crippen molar-refractivity contribution in [2.75, 3.05) is 0 Å². The van der Waals surface area contributed by atoms with Crippen LogP contribution in [0.1, 0.15) is 19.4 Å². The lowest BCUT2D eigenvalue weighted by molar-refractivity contribution is -0.386. The van der Waals surface area contributed by atoms with Crippen LogP contribution in [-0.2, 0) is 6.54 Å². The summed E-state index contributed by atoms with van der Waals surface area (Å²) >= 11 is 0. The molecule has 0 bridgehead atoms. The zero-order valence-electron chi connectivity index (χ0n) is 7.58. The molecule has 0 spiro atoms. The Morgan fingerprint density at radius 3 is 2.67 bits per heavy atom. The fourth-order valence-electron chi connectivity index (χ4n) is 0.870. The maximum absolute atomic E-state index is 5.38. The Bertz CT molecular complexity index is 231. The molecular weight excluding hydrogens is 152 g/mol. The first kappa shape index (κ1) is 9.00. The van der Waals surface area contributed by atoms with Crippen LogP contribution in [0, 0.1) is 0 Å². The van der Waals surface area contributed by atoms with E-state index in [1.54, 1.807) is 6.20 Å². The molecule has 0 fully saturated rings. The molecule has 0 atom stereocenters. The van der Waals surface area contributed by atoms with Gasteiger partial charge in [0.2, 0.25) is 5.88 Å². The summed E-state index contributed by atoms with van der Waals surface area (Å²) < 4.78 is 5.38. The van der Waals surface area contributed by atoms with Crippen LogP contribution in [0.15, 0.2) is 18.3 Å². The quantitative estimate of drug-likeness (QED) is 0.717. The average Bonchev–Trinajstić information content (AvgIpc) is 2.05. The molecule has 3 nitrogen and oxygen atoms in total. The van der Waals surface area contributed by atoms with E-state index in [9.17, 15) is 0 Å². The van der Waals surface area contributed by atoms with E-state index >= 15 is 0 Å². The van der Waals surface area contributed by atoms with E-state index in [0.717, 1.165) is 12.1 Å². The monoisotopic (exact) mass is 167 g/mol. The Morgan fingerprint density at radius 1 is 1.50 bits per heavy atom. The average molecular weight is 167 g/mol. The second kappa shape index (κ2) is 4.07. The predicted molar refractivity (Wildman–Crippen MR) is 46.6 cm³/mol. The Kier molecular flexibility index (Phi) is 3.05. The van der Waals surface area contributed by atoms with Crippen molar-refractivity contribution in [3.63, 3.8) is 0 Å². The maximum atomic E-state index is 5.38. The molecule has 0 saturated heterocycles. The summed E-state index contributed by atoms with van der Waals surface area (Å²) in [5.41, 5.74) is 4.90. The predicted octanol–water partition coefficient (Wildman–Crippen LogP) is 0.611. The Hall–Kier alpha value is -1.09. The van der Waals surface area contributed by atoms with Gasteiger partial charge in [0.15, 0.2) is 0 Å². The lowest BCUT2D eigenvalue weighted by Crippen LogP contribution is -2.47. The number of ether oxygens (including phenoxy) is 1. The molecule has 0 aliphatic rings. The third-order valence-corrected chi connectivity index (χ3v) is 1.44. The van der Waals surface area contributed by atoms with Crippen LogP contribution in [0.5, 0.6) is 5.88 Å². The van der Waals surface area contributed by atoms with Crippen LogP contribution in [0.3, 0.4) is 0 Å². The number of aromatic nitrogens is 1. The van der Waals surface area contributed by atoms with Crippen molar-refractivity contribution in [1.82, 2.24) is 4.98 Å². The molecule has 0 aliphatic carbocycles. The van der Waals surface area contributed by atoms with E-state index in [1.165, 1.54) is 0 Å². The van der Waals surface area contributed by atoms with Crippen LogP contribution in [-0.4, -0.2) is 11.1 Å². The van der Waals surface area contributed by atoms with Crippen molar-refractivity contribution >= 4 is 0 Å². The second-order valence-electron chi connectivity index (χ2n) is 2.92. The summed E-state index contributed by atoms with van der Waals surface area (Å²) in [6.07, 6.45) is 1.98. The minimum atomic E-state index is 0.183. The highest BCUT2D eigenvalue weighted by molar-refractivity contribution is 5.16. The van der Waals surface area contributed by atoms with Crippen molar-refractivity contribution in [2.45, 2.75) is 26.5 Å². The molecule has 3 N–H and O–H groups in total. The molecule has 1 aromatic heterocycles. The molecule has 1 aromatic rings. The molecule has 66 valence electrons. The lowest BCUT2D eigenvalue weighted by atomic mass is 10.3. The van der Waals surface area contributed by atoms with Gasteiger partial charge in [-0.1, -0.05) is 0 Å². The summed E-state index contributed by atoms with van der Waals surface area (Å²) in [7, 11) is 0. The molecule has 12 heavy (non-hydrogen) atoms. The zero-order valence-corrected chi connectivity index (χ0v) is 7.58. The Labute approximate surface area is 72.6 Å². The van der Waals surface area contributed by atoms with Crippen LogP contribution in [0.25, 0.3) is 0 Å². The van der Waals surface area contributed by atoms with Gasteiger partial charge in [0.05, 0.1) is 6.10 Å². The van der Waals surface area contributed by atoms with Gasteiger partial charge in [-0.25, -0.2) is 4.98 Å². The van der Waals surface area contributed by atoms with Gasteiger partial charge in [-0.05, 0) is 19.9 Å². The first-order valence-electron chi connectivity index (χ1n) is 4.13. The summed E-state index contributed by atoms with van der Waals surface area (Å²) in [4.78, 5) is 4.13. The molecule has 0 aromatic carbocycles. The standard InChI is InChI=1S/C9H14N2O/c1-7(2)12-9-4-3-8(5-10)6-11-9/h3-4,6-7H,5,10H2,1-2H3/p+1. The van der Waals surface area contributed by atoms with Crippen LogP contribution < -0.4 is 10.5 Å². The van der Waals surface area contributed by atoms with E-state index in [4.69, 9.17) is 4.74 Å². The third kappa shape index (κ3) is 2.51. The van der Waals surface area contributed by atoms with E-state index in [-0.39, 0.29) is 6.10 Å². The SMILES string of the molecule is CC(C)Oc1ccc(C[NH3+])cn1. The fourth-order valence-corrected chi connectivity index (χ4v) is 0.870. The lowest BCUT2D eigenvalue weighted by Gasteiger charge is -2.07. The highest BCUT2D eigenvalue weighted by atomic mass is 16.5. The first-order chi connectivity index (χ1) is 5.72. The zero-order chi connectivity index (χ0) is 8.97. The largest absolute Gasteiger partial charge is 0.475 e. The number of nitrogens with zero attached hydrogens (tertiary/aromatic N) is 1. The van der Waals surface area contributed by atoms with Crippen molar-refractivity contribution < 1.29 is 10.5 Å². The van der Waals surface area contributed by atoms with Crippen molar-refractivity contribution in [1.29, 1.82) is 0 Å². The smallest absolute Gasteiger partial charge is 0.213 e. The van der Waals surface area contributed by atoms with Gasteiger partial charge in [-0.3, -0.25) is 0 Å². The second-order valence-corrected chi connectivity index (χ2v) is 2.92. The first-order valence-corrected chi connectivity index (χ1v) is 4.13. The number of pyridine rings is 1. The molecule has 0 radical (unpaired) electrons. The van der Waals surface area contributed by atoms with Crippen LogP contribution in [0.2, 0.25) is 0 Å². The number of quaternary nitrogens is 1. The van der Waals surface area contributed by atoms with Crippen molar-refractivity contribution in [3.05, 3.63) is 23.9 Å². The van der Waals surface area contributed by atoms with Crippen LogP contribution >= 0.6 is 0 Å². The summed E-state index contributed by atoms with van der Waals surface area (Å²) in [5.74, 6) is 0.683. The van der Waals surface area contributed by atoms with Gasteiger partial charge >= 0.3 is 0 Å². The van der Waals surface area contributed by atoms with Crippen molar-refractivity contribution in [3.8, 4) is 5.88 Å². The topological polar surface area (TPSA) is 49.8 Å². The van der Waals surface area contributed by atoms with E-state index in [1.807, 2.05) is 26.0 Å². The number of rotatable bonds is 3.